The second-order valence-corrected chi connectivity index (χ2v) is 5.25. The van der Waals surface area contributed by atoms with Gasteiger partial charge in [0.1, 0.15) is 0 Å². The summed E-state index contributed by atoms with van der Waals surface area (Å²) >= 11 is 1.71. The van der Waals surface area contributed by atoms with Crippen molar-refractivity contribution in [3.63, 3.8) is 0 Å². The van der Waals surface area contributed by atoms with Crippen LogP contribution in [0.1, 0.15) is 30.7 Å². The summed E-state index contributed by atoms with van der Waals surface area (Å²) in [7, 11) is 1.72. The summed E-state index contributed by atoms with van der Waals surface area (Å²) in [5.41, 5.74) is 5.99. The number of ether oxygens (including phenoxy) is 1. The smallest absolute Gasteiger partial charge is 0.0965 e. The maximum absolute atomic E-state index is 5.99. The molecule has 0 aliphatic heterocycles. The van der Waals surface area contributed by atoms with E-state index < -0.39 is 0 Å². The van der Waals surface area contributed by atoms with Crippen molar-refractivity contribution in [1.82, 2.24) is 10.3 Å². The fourth-order valence-electron chi connectivity index (χ4n) is 1.64. The molecule has 0 aromatic carbocycles. The lowest BCUT2D eigenvalue weighted by Crippen LogP contribution is -2.35. The standard InChI is InChI=1S/C12H23N3OS/c1-10(12-15-5-7-17-12)8-14-9-11(13)4-3-6-16-2/h5,7,10-11,14H,3-4,6,8-9,13H2,1-2H3. The number of nitrogens with one attached hydrogen (secondary N) is 1. The highest BCUT2D eigenvalue weighted by atomic mass is 32.1. The van der Waals surface area contributed by atoms with Crippen LogP contribution in [0.5, 0.6) is 0 Å². The average molecular weight is 257 g/mol. The Bertz CT molecular complexity index is 279. The summed E-state index contributed by atoms with van der Waals surface area (Å²) < 4.78 is 5.00. The zero-order valence-corrected chi connectivity index (χ0v) is 11.5. The number of methoxy groups -OCH3 is 1. The summed E-state index contributed by atoms with van der Waals surface area (Å²) in [5.74, 6) is 0.459. The maximum Gasteiger partial charge on any atom is 0.0965 e. The molecule has 0 bridgehead atoms. The Kier molecular flexibility index (Phi) is 7.35. The third-order valence-corrected chi connectivity index (χ3v) is 3.66. The lowest BCUT2D eigenvalue weighted by molar-refractivity contribution is 0.190. The van der Waals surface area contributed by atoms with E-state index in [-0.39, 0.29) is 6.04 Å². The Morgan fingerprint density at radius 1 is 1.53 bits per heavy atom. The SMILES string of the molecule is COCCCC(N)CNCC(C)c1nccs1. The molecule has 1 aromatic rings. The minimum Gasteiger partial charge on any atom is -0.385 e. The van der Waals surface area contributed by atoms with Gasteiger partial charge in [-0.25, -0.2) is 4.98 Å². The van der Waals surface area contributed by atoms with Crippen LogP contribution < -0.4 is 11.1 Å². The van der Waals surface area contributed by atoms with Gasteiger partial charge in [-0.05, 0) is 12.8 Å². The first-order chi connectivity index (χ1) is 8.24. The van der Waals surface area contributed by atoms with Crippen LogP contribution >= 0.6 is 11.3 Å². The second-order valence-electron chi connectivity index (χ2n) is 4.32. The molecule has 1 heterocycles. The molecule has 0 amide bonds. The molecule has 0 aliphatic rings. The Balaban J connectivity index is 2.06. The quantitative estimate of drug-likeness (QED) is 0.660. The van der Waals surface area contributed by atoms with Gasteiger partial charge in [0, 0.05) is 50.3 Å². The molecular weight excluding hydrogens is 234 g/mol. The molecule has 1 rings (SSSR count). The van der Waals surface area contributed by atoms with Gasteiger partial charge in [-0.3, -0.25) is 0 Å². The Hall–Kier alpha value is -0.490. The van der Waals surface area contributed by atoms with Gasteiger partial charge >= 0.3 is 0 Å². The van der Waals surface area contributed by atoms with E-state index in [2.05, 4.69) is 17.2 Å². The molecule has 0 saturated carbocycles. The van der Waals surface area contributed by atoms with E-state index in [0.29, 0.717) is 5.92 Å². The third kappa shape index (κ3) is 6.12. The van der Waals surface area contributed by atoms with E-state index in [1.54, 1.807) is 18.4 Å². The molecule has 17 heavy (non-hydrogen) atoms. The van der Waals surface area contributed by atoms with E-state index in [1.807, 2.05) is 11.6 Å². The summed E-state index contributed by atoms with van der Waals surface area (Å²) in [6.07, 6.45) is 3.89. The van der Waals surface area contributed by atoms with Crippen molar-refractivity contribution in [3.8, 4) is 0 Å². The molecule has 5 heteroatoms. The highest BCUT2D eigenvalue weighted by molar-refractivity contribution is 7.09. The first kappa shape index (κ1) is 14.6. The normalized spacial score (nSPS) is 14.8. The van der Waals surface area contributed by atoms with Gasteiger partial charge in [0.2, 0.25) is 0 Å². The van der Waals surface area contributed by atoms with E-state index >= 15 is 0 Å². The highest BCUT2D eigenvalue weighted by Crippen LogP contribution is 2.16. The first-order valence-corrected chi connectivity index (χ1v) is 6.96. The van der Waals surface area contributed by atoms with Crippen LogP contribution in [0.2, 0.25) is 0 Å². The fourth-order valence-corrected chi connectivity index (χ4v) is 2.34. The monoisotopic (exact) mass is 257 g/mol. The summed E-state index contributed by atoms with van der Waals surface area (Å²) in [6, 6.07) is 0.216. The second kappa shape index (κ2) is 8.58. The maximum atomic E-state index is 5.99. The van der Waals surface area contributed by atoms with Crippen molar-refractivity contribution in [1.29, 1.82) is 0 Å². The predicted octanol–water partition coefficient (Wildman–Crippen LogP) is 1.59. The van der Waals surface area contributed by atoms with Gasteiger partial charge in [0.05, 0.1) is 5.01 Å². The van der Waals surface area contributed by atoms with Crippen molar-refractivity contribution in [2.45, 2.75) is 31.7 Å². The zero-order chi connectivity index (χ0) is 12.5. The highest BCUT2D eigenvalue weighted by Gasteiger charge is 2.08. The lowest BCUT2D eigenvalue weighted by atomic mass is 10.1. The van der Waals surface area contributed by atoms with Crippen LogP contribution in [0.15, 0.2) is 11.6 Å². The van der Waals surface area contributed by atoms with Crippen LogP contribution in [0.4, 0.5) is 0 Å². The van der Waals surface area contributed by atoms with E-state index in [0.717, 1.165) is 32.5 Å². The molecule has 3 N–H and O–H groups in total. The number of hydrogen-bond donors (Lipinski definition) is 2. The van der Waals surface area contributed by atoms with Crippen molar-refractivity contribution >= 4 is 11.3 Å². The Labute approximate surface area is 108 Å². The number of hydrogen-bond acceptors (Lipinski definition) is 5. The number of nitrogens with zero attached hydrogens (tertiary/aromatic N) is 1. The van der Waals surface area contributed by atoms with E-state index in [1.165, 1.54) is 5.01 Å². The summed E-state index contributed by atoms with van der Waals surface area (Å²) in [5, 5.41) is 6.60. The molecule has 0 saturated heterocycles. The molecule has 0 spiro atoms. The molecule has 1 aromatic heterocycles. The number of nitrogens with two attached hydrogens (primary N) is 1. The van der Waals surface area contributed by atoms with Crippen molar-refractivity contribution < 1.29 is 4.74 Å². The van der Waals surface area contributed by atoms with Crippen LogP contribution in [0, 0.1) is 0 Å². The zero-order valence-electron chi connectivity index (χ0n) is 10.7. The molecule has 0 radical (unpaired) electrons. The van der Waals surface area contributed by atoms with Gasteiger partial charge in [0.25, 0.3) is 0 Å². The topological polar surface area (TPSA) is 60.2 Å². The van der Waals surface area contributed by atoms with Crippen LogP contribution in [-0.2, 0) is 4.74 Å². The molecule has 0 fully saturated rings. The van der Waals surface area contributed by atoms with E-state index in [9.17, 15) is 0 Å². The average Bonchev–Trinajstić information content (AvgIpc) is 2.82. The lowest BCUT2D eigenvalue weighted by Gasteiger charge is -2.14. The van der Waals surface area contributed by atoms with Gasteiger partial charge in [-0.15, -0.1) is 11.3 Å². The molecule has 4 nitrogen and oxygen atoms in total. The van der Waals surface area contributed by atoms with Crippen LogP contribution in [0.3, 0.4) is 0 Å². The molecule has 2 atom stereocenters. The first-order valence-electron chi connectivity index (χ1n) is 6.08. The number of rotatable bonds is 9. The van der Waals surface area contributed by atoms with Gasteiger partial charge in [-0.1, -0.05) is 6.92 Å². The minimum absolute atomic E-state index is 0.216. The molecular formula is C12H23N3OS. The Morgan fingerprint density at radius 2 is 2.35 bits per heavy atom. The predicted molar refractivity (Wildman–Crippen MR) is 72.5 cm³/mol. The van der Waals surface area contributed by atoms with Crippen LogP contribution in [-0.4, -0.2) is 37.8 Å². The van der Waals surface area contributed by atoms with Crippen molar-refractivity contribution in [2.75, 3.05) is 26.8 Å². The summed E-state index contributed by atoms with van der Waals surface area (Å²) in [4.78, 5) is 4.31. The van der Waals surface area contributed by atoms with Crippen LogP contribution in [0.25, 0.3) is 0 Å². The summed E-state index contributed by atoms with van der Waals surface area (Å²) in [6.45, 7) is 4.77. The van der Waals surface area contributed by atoms with E-state index in [4.69, 9.17) is 10.5 Å². The number of thiazole rings is 1. The molecule has 2 unspecified atom stereocenters. The van der Waals surface area contributed by atoms with Gasteiger partial charge < -0.3 is 15.8 Å². The van der Waals surface area contributed by atoms with Crippen molar-refractivity contribution in [2.24, 2.45) is 5.73 Å². The largest absolute Gasteiger partial charge is 0.385 e. The Morgan fingerprint density at radius 3 is 3.00 bits per heavy atom. The minimum atomic E-state index is 0.216. The number of aromatic nitrogens is 1. The third-order valence-electron chi connectivity index (χ3n) is 2.65. The van der Waals surface area contributed by atoms with Gasteiger partial charge in [-0.2, -0.15) is 0 Å². The molecule has 0 aliphatic carbocycles. The fraction of sp³-hybridized carbons (Fsp3) is 0.750. The van der Waals surface area contributed by atoms with Gasteiger partial charge in [0.15, 0.2) is 0 Å². The van der Waals surface area contributed by atoms with Crippen molar-refractivity contribution in [3.05, 3.63) is 16.6 Å². The molecule has 98 valence electrons.